The van der Waals surface area contributed by atoms with Crippen LogP contribution in [0.2, 0.25) is 5.82 Å². The van der Waals surface area contributed by atoms with Crippen molar-refractivity contribution in [2.45, 2.75) is 18.3 Å². The Labute approximate surface area is 136 Å². The molecule has 1 heterocycles. The first-order chi connectivity index (χ1) is 10.4. The molecule has 96 valence electrons. The van der Waals surface area contributed by atoms with E-state index in [9.17, 15) is 5.11 Å². The number of phenols is 1. The van der Waals surface area contributed by atoms with Crippen molar-refractivity contribution in [3.05, 3.63) is 35.4 Å². The molecular formula is C15H9B5O2. The summed E-state index contributed by atoms with van der Waals surface area (Å²) in [5.74, 6) is 0.239. The number of fused-ring (bicyclic) bond motifs is 1. The highest BCUT2D eigenvalue weighted by molar-refractivity contribution is 6.57. The number of aromatic hydroxyl groups is 1. The van der Waals surface area contributed by atoms with Gasteiger partial charge in [-0.05, 0) is 29.9 Å². The minimum atomic E-state index is -0.445. The zero-order valence-electron chi connectivity index (χ0n) is 11.9. The van der Waals surface area contributed by atoms with E-state index in [1.807, 2.05) is 0 Å². The van der Waals surface area contributed by atoms with Crippen LogP contribution in [-0.4, -0.2) is 44.3 Å². The molecule has 1 unspecified atom stereocenters. The molecule has 2 atom stereocenters. The third-order valence-corrected chi connectivity index (χ3v) is 3.89. The van der Waals surface area contributed by atoms with Crippen LogP contribution in [0.15, 0.2) is 24.3 Å². The highest BCUT2D eigenvalue weighted by atomic mass is 16.5. The van der Waals surface area contributed by atoms with Gasteiger partial charge < -0.3 is 9.84 Å². The van der Waals surface area contributed by atoms with Gasteiger partial charge in [0.2, 0.25) is 0 Å². The minimum absolute atomic E-state index is 0.0835. The first-order valence-electron chi connectivity index (χ1n) is 6.84. The number of phenolic OH excluding ortho intramolecular Hbond substituents is 1. The van der Waals surface area contributed by atoms with Crippen LogP contribution in [0.3, 0.4) is 0 Å². The third kappa shape index (κ3) is 2.58. The van der Waals surface area contributed by atoms with Gasteiger partial charge in [0.1, 0.15) is 49.0 Å². The van der Waals surface area contributed by atoms with Crippen molar-refractivity contribution in [2.24, 2.45) is 0 Å². The molecule has 1 N–H and O–H groups in total. The molecule has 2 aromatic rings. The molecule has 0 spiro atoms. The monoisotopic (exact) mass is 276 g/mol. The maximum atomic E-state index is 9.96. The lowest BCUT2D eigenvalue weighted by molar-refractivity contribution is 0.176. The van der Waals surface area contributed by atoms with Gasteiger partial charge in [0, 0.05) is 5.56 Å². The molecule has 22 heavy (non-hydrogen) atoms. The SMILES string of the molecule is [B]c1cc(O)c2c(c1)O[C@H](c1cc([B])c([B])c([B])c1)C([B])C2. The van der Waals surface area contributed by atoms with Gasteiger partial charge in [0.05, 0.1) is 7.85 Å². The van der Waals surface area contributed by atoms with Crippen molar-refractivity contribution in [1.29, 1.82) is 0 Å². The maximum Gasteiger partial charge on any atom is 0.126 e. The van der Waals surface area contributed by atoms with Crippen LogP contribution < -0.4 is 26.6 Å². The fraction of sp³-hybridized carbons (Fsp3) is 0.200. The van der Waals surface area contributed by atoms with Crippen LogP contribution in [-0.2, 0) is 6.42 Å². The van der Waals surface area contributed by atoms with E-state index < -0.39 is 6.10 Å². The Bertz CT molecular complexity index is 724. The molecule has 0 saturated heterocycles. The average molecular weight is 275 g/mol. The molecule has 0 saturated carbocycles. The second kappa shape index (κ2) is 5.53. The lowest BCUT2D eigenvalue weighted by atomic mass is 9.68. The lowest BCUT2D eigenvalue weighted by Gasteiger charge is -2.33. The van der Waals surface area contributed by atoms with Crippen LogP contribution in [0.5, 0.6) is 11.5 Å². The highest BCUT2D eigenvalue weighted by Crippen LogP contribution is 2.42. The minimum Gasteiger partial charge on any atom is -0.508 e. The molecule has 0 aromatic heterocycles. The van der Waals surface area contributed by atoms with E-state index in [0.717, 1.165) is 5.56 Å². The standard InChI is InChI=1S/C15H9B5O2/c16-7-3-12(21)8-5-11(19)15(22-13(8)4-7)6-1-9(17)14(20)10(18)2-6/h1-4,11,15,21H,5H2/t11?,15-/m1/s1. The molecule has 0 aliphatic carbocycles. The van der Waals surface area contributed by atoms with Crippen molar-refractivity contribution >= 4 is 61.1 Å². The molecule has 1 aliphatic heterocycles. The predicted molar refractivity (Wildman–Crippen MR) is 92.7 cm³/mol. The zero-order valence-corrected chi connectivity index (χ0v) is 11.9. The van der Waals surface area contributed by atoms with Crippen LogP contribution in [0.4, 0.5) is 0 Å². The van der Waals surface area contributed by atoms with Gasteiger partial charge in [-0.1, -0.05) is 17.6 Å². The molecule has 7 heteroatoms. The molecule has 0 bridgehead atoms. The summed E-state index contributed by atoms with van der Waals surface area (Å²) < 4.78 is 5.92. The summed E-state index contributed by atoms with van der Waals surface area (Å²) in [6.45, 7) is 0. The molecular weight excluding hydrogens is 266 g/mol. The number of rotatable bonds is 1. The predicted octanol–water partition coefficient (Wildman–Crippen LogP) is -1.80. The first-order valence-corrected chi connectivity index (χ1v) is 6.84. The Morgan fingerprint density at radius 2 is 1.64 bits per heavy atom. The zero-order chi connectivity index (χ0) is 16.0. The second-order valence-corrected chi connectivity index (χ2v) is 5.54. The summed E-state index contributed by atoms with van der Waals surface area (Å²) >= 11 is 0. The Morgan fingerprint density at radius 1 is 1.00 bits per heavy atom. The third-order valence-electron chi connectivity index (χ3n) is 3.89. The number of hydrogen-bond acceptors (Lipinski definition) is 2. The molecule has 0 fully saturated rings. The summed E-state index contributed by atoms with van der Waals surface area (Å²) in [6.07, 6.45) is 0.00920. The van der Waals surface area contributed by atoms with Crippen molar-refractivity contribution in [2.75, 3.05) is 0 Å². The van der Waals surface area contributed by atoms with Gasteiger partial charge in [-0.2, -0.15) is 0 Å². The average Bonchev–Trinajstić information content (AvgIpc) is 2.44. The van der Waals surface area contributed by atoms with E-state index >= 15 is 0 Å². The molecule has 0 amide bonds. The Balaban J connectivity index is 2.03. The fourth-order valence-corrected chi connectivity index (χ4v) is 2.73. The summed E-state index contributed by atoms with van der Waals surface area (Å²) in [5.41, 5.74) is 2.91. The number of hydrogen-bond donors (Lipinski definition) is 1. The maximum absolute atomic E-state index is 9.96. The Kier molecular flexibility index (Phi) is 3.84. The second-order valence-electron chi connectivity index (χ2n) is 5.54. The van der Waals surface area contributed by atoms with E-state index in [4.69, 9.17) is 44.0 Å². The van der Waals surface area contributed by atoms with Crippen molar-refractivity contribution < 1.29 is 9.84 Å². The van der Waals surface area contributed by atoms with Gasteiger partial charge in [0.25, 0.3) is 0 Å². The van der Waals surface area contributed by atoms with Crippen molar-refractivity contribution in [3.63, 3.8) is 0 Å². The molecule has 3 rings (SSSR count). The normalized spacial score (nSPS) is 20.2. The van der Waals surface area contributed by atoms with Crippen molar-refractivity contribution in [3.8, 4) is 11.5 Å². The number of benzene rings is 2. The smallest absolute Gasteiger partial charge is 0.126 e. The van der Waals surface area contributed by atoms with E-state index in [1.54, 1.807) is 18.2 Å². The van der Waals surface area contributed by atoms with Crippen LogP contribution >= 0.6 is 0 Å². The van der Waals surface area contributed by atoms with E-state index in [-0.39, 0.29) is 11.6 Å². The lowest BCUT2D eigenvalue weighted by Crippen LogP contribution is -2.40. The van der Waals surface area contributed by atoms with Gasteiger partial charge in [-0.15, -0.1) is 16.4 Å². The van der Waals surface area contributed by atoms with Gasteiger partial charge >= 0.3 is 0 Å². The molecule has 1 aliphatic rings. The Morgan fingerprint density at radius 3 is 2.27 bits per heavy atom. The Hall–Kier alpha value is -1.64. The summed E-state index contributed by atoms with van der Waals surface area (Å²) in [5, 5.41) is 9.96. The van der Waals surface area contributed by atoms with E-state index in [1.165, 1.54) is 6.07 Å². The molecule has 2 nitrogen and oxygen atoms in total. The quantitative estimate of drug-likeness (QED) is 0.622. The van der Waals surface area contributed by atoms with Crippen molar-refractivity contribution in [1.82, 2.24) is 0 Å². The summed E-state index contributed by atoms with van der Waals surface area (Å²) in [6, 6.07) is 6.55. The van der Waals surface area contributed by atoms with Crippen LogP contribution in [0, 0.1) is 0 Å². The van der Waals surface area contributed by atoms with E-state index in [2.05, 4.69) is 0 Å². The topological polar surface area (TPSA) is 29.5 Å². The summed E-state index contributed by atoms with van der Waals surface area (Å²) in [4.78, 5) is 0. The molecule has 2 aromatic carbocycles. The van der Waals surface area contributed by atoms with Gasteiger partial charge in [-0.25, -0.2) is 0 Å². The van der Waals surface area contributed by atoms with Crippen LogP contribution in [0.1, 0.15) is 17.2 Å². The van der Waals surface area contributed by atoms with Gasteiger partial charge in [0.15, 0.2) is 0 Å². The van der Waals surface area contributed by atoms with Crippen LogP contribution in [0.25, 0.3) is 0 Å². The highest BCUT2D eigenvalue weighted by Gasteiger charge is 2.29. The first kappa shape index (κ1) is 15.3. The van der Waals surface area contributed by atoms with Gasteiger partial charge in [-0.3, -0.25) is 0 Å². The largest absolute Gasteiger partial charge is 0.508 e. The number of ether oxygens (including phenoxy) is 1. The fourth-order valence-electron chi connectivity index (χ4n) is 2.73. The molecule has 10 radical (unpaired) electrons. The van der Waals surface area contributed by atoms with E-state index in [0.29, 0.717) is 39.6 Å². The summed E-state index contributed by atoms with van der Waals surface area (Å²) in [7, 11) is 29.4.